The zero-order valence-corrected chi connectivity index (χ0v) is 26.5. The molecule has 46 heavy (non-hydrogen) atoms. The molecule has 15 heteroatoms. The fourth-order valence-electron chi connectivity index (χ4n) is 5.80. The summed E-state index contributed by atoms with van der Waals surface area (Å²) in [5, 5.41) is 29.0. The first-order valence-electron chi connectivity index (χ1n) is 15.8. The Hall–Kier alpha value is -3.50. The lowest BCUT2D eigenvalue weighted by atomic mass is 9.91. The summed E-state index contributed by atoms with van der Waals surface area (Å²) in [5.41, 5.74) is 0.355. The van der Waals surface area contributed by atoms with Crippen molar-refractivity contribution in [1.29, 1.82) is 0 Å². The Morgan fingerprint density at radius 2 is 1.78 bits per heavy atom. The van der Waals surface area contributed by atoms with Crippen molar-refractivity contribution in [3.05, 3.63) is 36.2 Å². The van der Waals surface area contributed by atoms with Crippen LogP contribution in [0.5, 0.6) is 0 Å². The van der Waals surface area contributed by atoms with Gasteiger partial charge in [0.05, 0.1) is 35.9 Å². The molecule has 3 heterocycles. The molecule has 3 aromatic rings. The number of morpholine rings is 1. The highest BCUT2D eigenvalue weighted by Gasteiger charge is 2.29. The van der Waals surface area contributed by atoms with E-state index in [9.17, 15) is 23.8 Å². The number of nitrogens with one attached hydrogen (secondary N) is 3. The monoisotopic (exact) mass is 646 g/mol. The Kier molecular flexibility index (Phi) is 11.0. The third-order valence-corrected chi connectivity index (χ3v) is 7.97. The molecule has 1 aliphatic heterocycles. The molecular formula is C31H44F2N8O5. The van der Waals surface area contributed by atoms with Gasteiger partial charge in [-0.25, -0.2) is 13.8 Å². The predicted octanol–water partition coefficient (Wildman–Crippen LogP) is 2.86. The van der Waals surface area contributed by atoms with Gasteiger partial charge in [-0.05, 0) is 65.0 Å². The second-order valence-electron chi connectivity index (χ2n) is 12.6. The summed E-state index contributed by atoms with van der Waals surface area (Å²) in [6.07, 6.45) is -1.23. The third kappa shape index (κ3) is 8.64. The minimum Gasteiger partial charge on any atom is -0.396 e. The molecule has 252 valence electrons. The van der Waals surface area contributed by atoms with Gasteiger partial charge in [0.2, 0.25) is 18.3 Å². The van der Waals surface area contributed by atoms with E-state index in [0.29, 0.717) is 67.8 Å². The molecule has 1 unspecified atom stereocenters. The van der Waals surface area contributed by atoms with Crippen LogP contribution in [0.2, 0.25) is 0 Å². The number of imidazole rings is 1. The fourth-order valence-corrected chi connectivity index (χ4v) is 5.80. The zero-order valence-electron chi connectivity index (χ0n) is 26.5. The van der Waals surface area contributed by atoms with Gasteiger partial charge in [0.1, 0.15) is 11.6 Å². The Morgan fingerprint density at radius 3 is 2.46 bits per heavy atom. The predicted molar refractivity (Wildman–Crippen MR) is 168 cm³/mol. The number of carbonyl (C=O) groups excluding carboxylic acids is 1. The molecule has 1 aromatic carbocycles. The highest BCUT2D eigenvalue weighted by Crippen LogP contribution is 2.30. The largest absolute Gasteiger partial charge is 0.396 e. The van der Waals surface area contributed by atoms with Crippen molar-refractivity contribution < 1.29 is 33.3 Å². The molecule has 0 bridgehead atoms. The van der Waals surface area contributed by atoms with Crippen molar-refractivity contribution in [2.75, 3.05) is 43.1 Å². The SMILES string of the molecule is CC(C)(C)OC(O)N[C@H](CCO)C(=O)NC1CCC(Nc2cc(-n3c(C(F)F)nc4ccccc43)nc(N3CCOCC3)n2)CC1. The van der Waals surface area contributed by atoms with E-state index in [4.69, 9.17) is 19.4 Å². The molecule has 2 aromatic heterocycles. The van der Waals surface area contributed by atoms with Gasteiger partial charge in [0.15, 0.2) is 5.82 Å². The highest BCUT2D eigenvalue weighted by atomic mass is 19.3. The van der Waals surface area contributed by atoms with E-state index in [0.717, 1.165) is 12.8 Å². The van der Waals surface area contributed by atoms with Gasteiger partial charge < -0.3 is 35.2 Å². The minimum atomic E-state index is -2.81. The molecule has 1 saturated heterocycles. The lowest BCUT2D eigenvalue weighted by molar-refractivity contribution is -0.187. The van der Waals surface area contributed by atoms with Crippen LogP contribution in [0, 0.1) is 0 Å². The van der Waals surface area contributed by atoms with Crippen molar-refractivity contribution in [3.63, 3.8) is 0 Å². The Balaban J connectivity index is 1.29. The molecule has 5 rings (SSSR count). The van der Waals surface area contributed by atoms with Crippen molar-refractivity contribution in [3.8, 4) is 5.82 Å². The molecule has 1 saturated carbocycles. The number of anilines is 2. The van der Waals surface area contributed by atoms with E-state index in [1.165, 1.54) is 4.57 Å². The van der Waals surface area contributed by atoms with Crippen LogP contribution in [0.25, 0.3) is 16.9 Å². The number of aromatic nitrogens is 4. The van der Waals surface area contributed by atoms with Crippen LogP contribution in [0.1, 0.15) is 65.1 Å². The summed E-state index contributed by atoms with van der Waals surface area (Å²) in [6, 6.07) is 7.76. The third-order valence-electron chi connectivity index (χ3n) is 7.97. The first-order chi connectivity index (χ1) is 22.0. The summed E-state index contributed by atoms with van der Waals surface area (Å²) in [6.45, 7) is 7.31. The van der Waals surface area contributed by atoms with Crippen molar-refractivity contribution in [2.24, 2.45) is 0 Å². The fraction of sp³-hybridized carbons (Fsp3) is 0.613. The minimum absolute atomic E-state index is 0.0240. The molecular weight excluding hydrogens is 602 g/mol. The number of nitrogens with zero attached hydrogens (tertiary/aromatic N) is 5. The highest BCUT2D eigenvalue weighted by molar-refractivity contribution is 5.82. The molecule has 2 aliphatic rings. The average Bonchev–Trinajstić information content (AvgIpc) is 3.41. The number of ether oxygens (including phenoxy) is 2. The van der Waals surface area contributed by atoms with E-state index in [1.54, 1.807) is 51.1 Å². The van der Waals surface area contributed by atoms with Gasteiger partial charge in [0, 0.05) is 37.8 Å². The lowest BCUT2D eigenvalue weighted by Crippen LogP contribution is -2.53. The van der Waals surface area contributed by atoms with Crippen LogP contribution in [0.3, 0.4) is 0 Å². The van der Waals surface area contributed by atoms with Gasteiger partial charge in [-0.2, -0.15) is 9.97 Å². The lowest BCUT2D eigenvalue weighted by Gasteiger charge is -2.32. The Labute approximate surface area is 266 Å². The zero-order chi connectivity index (χ0) is 32.8. The van der Waals surface area contributed by atoms with Gasteiger partial charge in [-0.15, -0.1) is 0 Å². The topological polar surface area (TPSA) is 159 Å². The molecule has 0 spiro atoms. The normalized spacial score (nSPS) is 20.6. The standard InChI is InChI=1S/C31H44F2N8O5/c1-31(2,3)46-30(44)37-22(12-15-42)28(43)35-20-10-8-19(9-11-20)34-24-18-25(39-29(38-24)40-13-16-45-17-14-40)41-23-7-5-4-6-21(23)36-27(41)26(32)33/h4-7,18-20,22,26,30,37,42,44H,8-17H2,1-3H3,(H,35,43)(H,34,38,39)/t19?,20?,22-,30?/m1/s1. The summed E-state index contributed by atoms with van der Waals surface area (Å²) in [4.78, 5) is 28.7. The van der Waals surface area contributed by atoms with Gasteiger partial charge in [0.25, 0.3) is 6.43 Å². The molecule has 13 nitrogen and oxygen atoms in total. The Bertz CT molecular complexity index is 1450. The van der Waals surface area contributed by atoms with Crippen molar-refractivity contribution in [1.82, 2.24) is 30.2 Å². The number of hydrogen-bond acceptors (Lipinski definition) is 11. The number of amides is 1. The number of para-hydroxylation sites is 2. The van der Waals surface area contributed by atoms with E-state index in [-0.39, 0.29) is 36.8 Å². The van der Waals surface area contributed by atoms with Crippen molar-refractivity contribution in [2.45, 2.75) is 89.4 Å². The maximum Gasteiger partial charge on any atom is 0.296 e. The first-order valence-corrected chi connectivity index (χ1v) is 15.8. The van der Waals surface area contributed by atoms with Gasteiger partial charge in [-0.3, -0.25) is 14.7 Å². The number of hydrogen-bond donors (Lipinski definition) is 5. The van der Waals surface area contributed by atoms with Gasteiger partial charge >= 0.3 is 0 Å². The quantitative estimate of drug-likeness (QED) is 0.184. The Morgan fingerprint density at radius 1 is 1.09 bits per heavy atom. The number of alkyl halides is 2. The molecule has 2 fully saturated rings. The van der Waals surface area contributed by atoms with Crippen LogP contribution in [0.15, 0.2) is 30.3 Å². The summed E-state index contributed by atoms with van der Waals surface area (Å²) in [7, 11) is 0. The smallest absolute Gasteiger partial charge is 0.296 e. The van der Waals surface area contributed by atoms with Crippen LogP contribution < -0.4 is 20.9 Å². The van der Waals surface area contributed by atoms with Crippen LogP contribution in [0.4, 0.5) is 20.5 Å². The van der Waals surface area contributed by atoms with Crippen LogP contribution in [-0.4, -0.2) is 98.7 Å². The van der Waals surface area contributed by atoms with Crippen LogP contribution >= 0.6 is 0 Å². The molecule has 1 amide bonds. The van der Waals surface area contributed by atoms with E-state index >= 15 is 0 Å². The second kappa shape index (κ2) is 14.9. The van der Waals surface area contributed by atoms with E-state index in [2.05, 4.69) is 20.9 Å². The number of carbonyl (C=O) groups is 1. The van der Waals surface area contributed by atoms with Crippen molar-refractivity contribution >= 4 is 28.7 Å². The number of benzene rings is 1. The second-order valence-corrected chi connectivity index (χ2v) is 12.6. The number of fused-ring (bicyclic) bond motifs is 1. The van der Waals surface area contributed by atoms with Gasteiger partial charge in [-0.1, -0.05) is 12.1 Å². The maximum atomic E-state index is 14.2. The number of rotatable bonds is 12. The van der Waals surface area contributed by atoms with E-state index < -0.39 is 24.5 Å². The molecule has 2 atom stereocenters. The summed E-state index contributed by atoms with van der Waals surface area (Å²) in [5.74, 6) is 0.518. The number of aliphatic hydroxyl groups is 2. The maximum absolute atomic E-state index is 14.2. The summed E-state index contributed by atoms with van der Waals surface area (Å²) < 4.78 is 40.7. The molecule has 0 radical (unpaired) electrons. The average molecular weight is 647 g/mol. The van der Waals surface area contributed by atoms with Crippen LogP contribution in [-0.2, 0) is 14.3 Å². The molecule has 5 N–H and O–H groups in total. The van der Waals surface area contributed by atoms with E-state index in [1.807, 2.05) is 4.90 Å². The summed E-state index contributed by atoms with van der Waals surface area (Å²) >= 11 is 0. The molecule has 1 aliphatic carbocycles. The first kappa shape index (κ1) is 33.9. The number of halogens is 2. The number of aliphatic hydroxyl groups excluding tert-OH is 2.